The van der Waals surface area contributed by atoms with Crippen molar-refractivity contribution in [3.05, 3.63) is 99.8 Å². The zero-order chi connectivity index (χ0) is 23.5. The summed E-state index contributed by atoms with van der Waals surface area (Å²) < 4.78 is 6.53. The van der Waals surface area contributed by atoms with Crippen LogP contribution in [-0.2, 0) is 16.1 Å². The molecule has 2 aromatic carbocycles. The second kappa shape index (κ2) is 9.58. The molecule has 1 fully saturated rings. The minimum Gasteiger partial charge on any atom is -0.507 e. The van der Waals surface area contributed by atoms with E-state index in [0.29, 0.717) is 11.3 Å². The van der Waals surface area contributed by atoms with Gasteiger partial charge in [-0.3, -0.25) is 14.6 Å². The summed E-state index contributed by atoms with van der Waals surface area (Å²) >= 11 is 3.42. The highest BCUT2D eigenvalue weighted by Crippen LogP contribution is 2.40. The number of Topliss-reactive ketones (excluding diaryl/α,β-unsaturated/α-hetero) is 1. The van der Waals surface area contributed by atoms with E-state index < -0.39 is 17.7 Å². The van der Waals surface area contributed by atoms with Crippen molar-refractivity contribution in [3.8, 4) is 5.75 Å². The van der Waals surface area contributed by atoms with Gasteiger partial charge in [0.1, 0.15) is 11.5 Å². The first-order valence-electron chi connectivity index (χ1n) is 10.5. The number of ether oxygens (including phenoxy) is 1. The van der Waals surface area contributed by atoms with Gasteiger partial charge < -0.3 is 14.7 Å². The summed E-state index contributed by atoms with van der Waals surface area (Å²) in [6.45, 7) is 4.04. The number of hydrogen-bond acceptors (Lipinski definition) is 5. The van der Waals surface area contributed by atoms with Gasteiger partial charge in [-0.05, 0) is 67.4 Å². The van der Waals surface area contributed by atoms with Crippen LogP contribution < -0.4 is 4.74 Å². The molecular formula is C26H23BrN2O4. The first-order valence-corrected chi connectivity index (χ1v) is 11.3. The number of benzene rings is 2. The molecule has 1 aliphatic heterocycles. The average Bonchev–Trinajstić information content (AvgIpc) is 3.05. The molecular weight excluding hydrogens is 484 g/mol. The van der Waals surface area contributed by atoms with Gasteiger partial charge in [0.2, 0.25) is 0 Å². The van der Waals surface area contributed by atoms with Crippen LogP contribution in [0.15, 0.2) is 83.1 Å². The third-order valence-electron chi connectivity index (χ3n) is 5.30. The molecule has 1 aromatic heterocycles. The molecule has 0 aliphatic carbocycles. The predicted octanol–water partition coefficient (Wildman–Crippen LogP) is 5.25. The Hall–Kier alpha value is -3.45. The van der Waals surface area contributed by atoms with Crippen LogP contribution in [0.2, 0.25) is 0 Å². The number of aliphatic hydroxyl groups is 1. The molecule has 1 amide bonds. The van der Waals surface area contributed by atoms with Crippen LogP contribution in [0, 0.1) is 0 Å². The number of ketones is 1. The maximum Gasteiger partial charge on any atom is 0.295 e. The molecule has 7 heteroatoms. The predicted molar refractivity (Wildman–Crippen MR) is 128 cm³/mol. The number of rotatable bonds is 6. The Morgan fingerprint density at radius 3 is 2.39 bits per heavy atom. The van der Waals surface area contributed by atoms with Gasteiger partial charge in [0.25, 0.3) is 11.7 Å². The zero-order valence-corrected chi connectivity index (χ0v) is 19.8. The van der Waals surface area contributed by atoms with Crippen LogP contribution in [0.25, 0.3) is 5.76 Å². The molecule has 1 atom stereocenters. The van der Waals surface area contributed by atoms with Crippen molar-refractivity contribution in [2.75, 3.05) is 0 Å². The van der Waals surface area contributed by atoms with E-state index in [-0.39, 0.29) is 24.0 Å². The van der Waals surface area contributed by atoms with E-state index in [2.05, 4.69) is 20.9 Å². The second-order valence-corrected chi connectivity index (χ2v) is 8.95. The quantitative estimate of drug-likeness (QED) is 0.280. The average molecular weight is 507 g/mol. The maximum atomic E-state index is 13.1. The number of carbonyl (C=O) groups excluding carboxylic acids is 2. The molecule has 0 bridgehead atoms. The lowest BCUT2D eigenvalue weighted by atomic mass is 9.95. The fraction of sp³-hybridized carbons (Fsp3) is 0.192. The Morgan fingerprint density at radius 2 is 1.79 bits per heavy atom. The topological polar surface area (TPSA) is 79.7 Å². The van der Waals surface area contributed by atoms with E-state index in [4.69, 9.17) is 4.74 Å². The lowest BCUT2D eigenvalue weighted by Crippen LogP contribution is -2.29. The monoisotopic (exact) mass is 506 g/mol. The lowest BCUT2D eigenvalue weighted by Gasteiger charge is -2.25. The van der Waals surface area contributed by atoms with Gasteiger partial charge in [0.05, 0.1) is 17.7 Å². The Balaban J connectivity index is 1.79. The number of pyridine rings is 1. The second-order valence-electron chi connectivity index (χ2n) is 8.03. The summed E-state index contributed by atoms with van der Waals surface area (Å²) in [7, 11) is 0. The van der Waals surface area contributed by atoms with Crippen molar-refractivity contribution in [1.29, 1.82) is 0 Å². The molecule has 6 nitrogen and oxygen atoms in total. The van der Waals surface area contributed by atoms with Crippen molar-refractivity contribution >= 4 is 33.4 Å². The van der Waals surface area contributed by atoms with E-state index in [9.17, 15) is 14.7 Å². The third-order valence-corrected chi connectivity index (χ3v) is 5.83. The van der Waals surface area contributed by atoms with E-state index in [1.807, 2.05) is 44.2 Å². The highest BCUT2D eigenvalue weighted by molar-refractivity contribution is 9.10. The highest BCUT2D eigenvalue weighted by atomic mass is 79.9. The van der Waals surface area contributed by atoms with Crippen LogP contribution in [0.1, 0.15) is 36.6 Å². The summed E-state index contributed by atoms with van der Waals surface area (Å²) in [6, 6.07) is 17.1. The maximum absolute atomic E-state index is 13.1. The smallest absolute Gasteiger partial charge is 0.295 e. The molecule has 1 saturated heterocycles. The summed E-state index contributed by atoms with van der Waals surface area (Å²) in [5, 5.41) is 11.2. The molecule has 0 unspecified atom stereocenters. The number of likely N-dealkylation sites (tertiary alicyclic amines) is 1. The number of hydrogen-bond donors (Lipinski definition) is 1. The molecule has 4 rings (SSSR count). The van der Waals surface area contributed by atoms with Crippen LogP contribution in [-0.4, -0.2) is 32.8 Å². The molecule has 0 radical (unpaired) electrons. The highest BCUT2D eigenvalue weighted by Gasteiger charge is 2.46. The Kier molecular flexibility index (Phi) is 6.60. The van der Waals surface area contributed by atoms with Gasteiger partial charge in [-0.15, -0.1) is 0 Å². The fourth-order valence-electron chi connectivity index (χ4n) is 3.84. The molecule has 2 heterocycles. The van der Waals surface area contributed by atoms with Crippen molar-refractivity contribution < 1.29 is 19.4 Å². The minimum absolute atomic E-state index is 0.0136. The van der Waals surface area contributed by atoms with Crippen molar-refractivity contribution in [2.45, 2.75) is 32.5 Å². The van der Waals surface area contributed by atoms with Gasteiger partial charge in [-0.2, -0.15) is 0 Å². The molecule has 3 aromatic rings. The molecule has 0 spiro atoms. The standard InChI is InChI=1S/C26H23BrN2O4/c1-16(2)33-21-11-7-19(8-12-21)24(30)22-23(18-5-9-20(27)10-6-18)29(26(32)25(22)31)15-17-4-3-13-28-14-17/h3-14,16,23,30H,15H2,1-2H3/b24-22+/t23-/m0/s1. The lowest BCUT2D eigenvalue weighted by molar-refractivity contribution is -0.140. The van der Waals surface area contributed by atoms with Gasteiger partial charge in [-0.1, -0.05) is 34.1 Å². The van der Waals surface area contributed by atoms with Crippen LogP contribution in [0.3, 0.4) is 0 Å². The molecule has 0 saturated carbocycles. The van der Waals surface area contributed by atoms with Gasteiger partial charge in [-0.25, -0.2) is 0 Å². The van der Waals surface area contributed by atoms with Crippen molar-refractivity contribution in [2.24, 2.45) is 0 Å². The molecule has 1 N–H and O–H groups in total. The summed E-state index contributed by atoms with van der Waals surface area (Å²) in [6.07, 6.45) is 3.32. The number of aromatic nitrogens is 1. The molecule has 1 aliphatic rings. The van der Waals surface area contributed by atoms with E-state index in [1.54, 1.807) is 42.7 Å². The molecule has 33 heavy (non-hydrogen) atoms. The Morgan fingerprint density at radius 1 is 1.09 bits per heavy atom. The number of aliphatic hydroxyl groups excluding tert-OH is 1. The Bertz CT molecular complexity index is 1190. The van der Waals surface area contributed by atoms with Crippen LogP contribution in [0.4, 0.5) is 0 Å². The summed E-state index contributed by atoms with van der Waals surface area (Å²) in [5.41, 5.74) is 2.01. The SMILES string of the molecule is CC(C)Oc1ccc(/C(O)=C2\C(=O)C(=O)N(Cc3cccnc3)[C@H]2c2ccc(Br)cc2)cc1. The third kappa shape index (κ3) is 4.83. The normalized spacial score (nSPS) is 17.6. The first-order chi connectivity index (χ1) is 15.8. The van der Waals surface area contributed by atoms with Gasteiger partial charge >= 0.3 is 0 Å². The zero-order valence-electron chi connectivity index (χ0n) is 18.2. The van der Waals surface area contributed by atoms with Crippen molar-refractivity contribution in [3.63, 3.8) is 0 Å². The number of nitrogens with zero attached hydrogens (tertiary/aromatic N) is 2. The van der Waals surface area contributed by atoms with Crippen LogP contribution in [0.5, 0.6) is 5.75 Å². The number of carbonyl (C=O) groups is 2. The largest absolute Gasteiger partial charge is 0.507 e. The van der Waals surface area contributed by atoms with Crippen molar-refractivity contribution in [1.82, 2.24) is 9.88 Å². The summed E-state index contributed by atoms with van der Waals surface area (Å²) in [4.78, 5) is 31.8. The number of amides is 1. The van der Waals surface area contributed by atoms with E-state index in [1.165, 1.54) is 4.90 Å². The van der Waals surface area contributed by atoms with Crippen LogP contribution >= 0.6 is 15.9 Å². The van der Waals surface area contributed by atoms with Gasteiger partial charge in [0.15, 0.2) is 0 Å². The Labute approximate surface area is 200 Å². The minimum atomic E-state index is -0.732. The van der Waals surface area contributed by atoms with E-state index >= 15 is 0 Å². The summed E-state index contributed by atoms with van der Waals surface area (Å²) in [5.74, 6) is -0.936. The fourth-order valence-corrected chi connectivity index (χ4v) is 4.11. The first kappa shape index (κ1) is 22.7. The van der Waals surface area contributed by atoms with Gasteiger partial charge in [0, 0.05) is 29.0 Å². The number of halogens is 1. The van der Waals surface area contributed by atoms with E-state index in [0.717, 1.165) is 15.6 Å². The molecule has 168 valence electrons.